The van der Waals surface area contributed by atoms with Gasteiger partial charge in [0.05, 0.1) is 18.9 Å². The Kier molecular flexibility index (Phi) is 4.33. The van der Waals surface area contributed by atoms with Crippen molar-refractivity contribution < 1.29 is 22.8 Å². The number of carbonyl (C=O) groups is 1. The van der Waals surface area contributed by atoms with Crippen molar-refractivity contribution in [3.8, 4) is 5.82 Å². The molecule has 0 radical (unpaired) electrons. The van der Waals surface area contributed by atoms with Gasteiger partial charge in [0.25, 0.3) is 5.91 Å². The van der Waals surface area contributed by atoms with Crippen LogP contribution in [0.25, 0.3) is 5.82 Å². The van der Waals surface area contributed by atoms with Gasteiger partial charge in [-0.05, 0) is 12.1 Å². The molecule has 2 aromatic heterocycles. The molecule has 0 aliphatic rings. The van der Waals surface area contributed by atoms with E-state index in [4.69, 9.17) is 11.6 Å². The second kappa shape index (κ2) is 5.89. The topological polar surface area (TPSA) is 73.1 Å². The van der Waals surface area contributed by atoms with Crippen molar-refractivity contribution in [1.82, 2.24) is 25.0 Å². The summed E-state index contributed by atoms with van der Waals surface area (Å²) in [7, 11) is 2.34. The van der Waals surface area contributed by atoms with E-state index in [1.165, 1.54) is 19.2 Å². The lowest BCUT2D eigenvalue weighted by atomic mass is 10.2. The fraction of sp³-hybridized carbons (Fsp3) is 0.273. The summed E-state index contributed by atoms with van der Waals surface area (Å²) in [6.45, 7) is 0. The van der Waals surface area contributed by atoms with E-state index in [0.29, 0.717) is 9.75 Å². The largest absolute Gasteiger partial charge is 0.434 e. The van der Waals surface area contributed by atoms with Gasteiger partial charge >= 0.3 is 6.18 Å². The Morgan fingerprint density at radius 3 is 2.55 bits per heavy atom. The van der Waals surface area contributed by atoms with Gasteiger partial charge in [0.15, 0.2) is 16.7 Å². The zero-order valence-corrected chi connectivity index (χ0v) is 12.1. The first-order chi connectivity index (χ1) is 10.3. The summed E-state index contributed by atoms with van der Waals surface area (Å²) in [6.07, 6.45) is -4.05. The first-order valence-electron chi connectivity index (χ1n) is 5.72. The van der Waals surface area contributed by atoms with E-state index in [-0.39, 0.29) is 11.0 Å². The van der Waals surface area contributed by atoms with E-state index in [1.54, 1.807) is 0 Å². The van der Waals surface area contributed by atoms with Crippen molar-refractivity contribution >= 4 is 17.5 Å². The van der Waals surface area contributed by atoms with E-state index >= 15 is 0 Å². The van der Waals surface area contributed by atoms with Gasteiger partial charge in [-0.1, -0.05) is 11.6 Å². The van der Waals surface area contributed by atoms with Gasteiger partial charge < -0.3 is 0 Å². The van der Waals surface area contributed by atoms with E-state index < -0.39 is 23.3 Å². The Labute approximate surface area is 127 Å². The Bertz CT molecular complexity index is 686. The van der Waals surface area contributed by atoms with Gasteiger partial charge in [-0.25, -0.2) is 9.75 Å². The number of halogens is 4. The first kappa shape index (κ1) is 16.2. The summed E-state index contributed by atoms with van der Waals surface area (Å²) in [6, 6.07) is 2.46. The molecule has 2 aromatic rings. The molecule has 2 heterocycles. The van der Waals surface area contributed by atoms with Crippen LogP contribution >= 0.6 is 11.6 Å². The van der Waals surface area contributed by atoms with Crippen molar-refractivity contribution in [2.45, 2.75) is 6.18 Å². The number of hydrogen-bond donors (Lipinski definition) is 0. The van der Waals surface area contributed by atoms with Crippen LogP contribution in [0.4, 0.5) is 13.2 Å². The second-order valence-electron chi connectivity index (χ2n) is 4.02. The summed E-state index contributed by atoms with van der Waals surface area (Å²) in [5.41, 5.74) is -1.95. The molecule has 0 aliphatic carbocycles. The molecule has 1 amide bonds. The third-order valence-electron chi connectivity index (χ3n) is 2.66. The Balaban J connectivity index is 2.59. The number of aromatic nitrogens is 4. The molecular weight excluding hydrogens is 327 g/mol. The molecule has 0 N–H and O–H groups in total. The zero-order chi connectivity index (χ0) is 16.5. The Morgan fingerprint density at radius 2 is 2.05 bits per heavy atom. The van der Waals surface area contributed by atoms with E-state index in [0.717, 1.165) is 13.3 Å². The quantitative estimate of drug-likeness (QED) is 0.802. The summed E-state index contributed by atoms with van der Waals surface area (Å²) in [4.78, 5) is 16.5. The van der Waals surface area contributed by atoms with Crippen molar-refractivity contribution in [2.24, 2.45) is 0 Å². The summed E-state index contributed by atoms with van der Waals surface area (Å²) in [5.74, 6) is -1.22. The molecule has 0 bridgehead atoms. The van der Waals surface area contributed by atoms with Crippen LogP contribution in [0, 0.1) is 0 Å². The van der Waals surface area contributed by atoms with Crippen LogP contribution in [0.2, 0.25) is 5.15 Å². The molecule has 118 valence electrons. The monoisotopic (exact) mass is 335 g/mol. The van der Waals surface area contributed by atoms with Gasteiger partial charge in [0.1, 0.15) is 0 Å². The number of amides is 1. The summed E-state index contributed by atoms with van der Waals surface area (Å²) < 4.78 is 40.3. The van der Waals surface area contributed by atoms with Crippen LogP contribution in [0.3, 0.4) is 0 Å². The molecule has 0 saturated carbocycles. The molecule has 0 atom stereocenters. The van der Waals surface area contributed by atoms with E-state index in [9.17, 15) is 18.0 Å². The van der Waals surface area contributed by atoms with Crippen molar-refractivity contribution in [3.63, 3.8) is 0 Å². The van der Waals surface area contributed by atoms with Crippen LogP contribution in [0.5, 0.6) is 0 Å². The Morgan fingerprint density at radius 1 is 1.36 bits per heavy atom. The normalized spacial score (nSPS) is 11.5. The molecule has 7 nitrogen and oxygen atoms in total. The smallest absolute Gasteiger partial charge is 0.274 e. The number of alkyl halides is 3. The SMILES string of the molecule is CON(C)C(=O)c1cnn(-c2ccc(Cl)nn2)c1C(F)(F)F. The minimum absolute atomic E-state index is 0.0138. The lowest BCUT2D eigenvalue weighted by molar-refractivity contribution is -0.143. The van der Waals surface area contributed by atoms with Crippen LogP contribution in [-0.4, -0.2) is 45.1 Å². The van der Waals surface area contributed by atoms with Crippen LogP contribution in [0.15, 0.2) is 18.3 Å². The van der Waals surface area contributed by atoms with Gasteiger partial charge in [-0.15, -0.1) is 10.2 Å². The minimum atomic E-state index is -4.84. The van der Waals surface area contributed by atoms with Crippen LogP contribution in [-0.2, 0) is 11.0 Å². The highest BCUT2D eigenvalue weighted by atomic mass is 35.5. The van der Waals surface area contributed by atoms with Gasteiger partial charge in [0, 0.05) is 7.05 Å². The van der Waals surface area contributed by atoms with E-state index in [1.807, 2.05) is 0 Å². The second-order valence-corrected chi connectivity index (χ2v) is 4.40. The molecule has 0 saturated heterocycles. The fourth-order valence-corrected chi connectivity index (χ4v) is 1.73. The lowest BCUT2D eigenvalue weighted by Gasteiger charge is -2.15. The number of nitrogens with zero attached hydrogens (tertiary/aromatic N) is 5. The van der Waals surface area contributed by atoms with Gasteiger partial charge in [-0.3, -0.25) is 9.63 Å². The number of carbonyl (C=O) groups excluding carboxylic acids is 1. The highest BCUT2D eigenvalue weighted by molar-refractivity contribution is 6.29. The maximum absolute atomic E-state index is 13.3. The predicted molar refractivity (Wildman–Crippen MR) is 68.3 cm³/mol. The van der Waals surface area contributed by atoms with Crippen LogP contribution < -0.4 is 0 Å². The summed E-state index contributed by atoms with van der Waals surface area (Å²) in [5, 5.41) is 11.2. The van der Waals surface area contributed by atoms with Crippen LogP contribution in [0.1, 0.15) is 16.1 Å². The molecule has 22 heavy (non-hydrogen) atoms. The third-order valence-corrected chi connectivity index (χ3v) is 2.86. The Hall–Kier alpha value is -2.20. The molecule has 11 heteroatoms. The van der Waals surface area contributed by atoms with E-state index in [2.05, 4.69) is 20.1 Å². The first-order valence-corrected chi connectivity index (χ1v) is 6.10. The molecule has 0 spiro atoms. The minimum Gasteiger partial charge on any atom is -0.274 e. The van der Waals surface area contributed by atoms with Gasteiger partial charge in [0.2, 0.25) is 0 Å². The predicted octanol–water partition coefficient (Wildman–Crippen LogP) is 1.97. The number of hydrogen-bond acceptors (Lipinski definition) is 5. The average Bonchev–Trinajstić information content (AvgIpc) is 2.91. The average molecular weight is 336 g/mol. The zero-order valence-electron chi connectivity index (χ0n) is 11.3. The molecule has 2 rings (SSSR count). The molecule has 0 aromatic carbocycles. The maximum atomic E-state index is 13.3. The lowest BCUT2D eigenvalue weighted by Crippen LogP contribution is -2.28. The highest BCUT2D eigenvalue weighted by Gasteiger charge is 2.41. The standard InChI is InChI=1S/C11H9ClF3N5O2/c1-19(22-2)10(21)6-5-16-20(9(6)11(13,14)15)8-4-3-7(12)17-18-8/h3-5H,1-2H3. The molecule has 0 fully saturated rings. The molecule has 0 unspecified atom stereocenters. The van der Waals surface area contributed by atoms with Crippen molar-refractivity contribution in [1.29, 1.82) is 0 Å². The third kappa shape index (κ3) is 3.02. The maximum Gasteiger partial charge on any atom is 0.434 e. The molecular formula is C11H9ClF3N5O2. The van der Waals surface area contributed by atoms with Crippen molar-refractivity contribution in [3.05, 3.63) is 34.7 Å². The molecule has 0 aliphatic heterocycles. The number of hydroxylamine groups is 2. The fourth-order valence-electron chi connectivity index (χ4n) is 1.63. The van der Waals surface area contributed by atoms with Crippen molar-refractivity contribution in [2.75, 3.05) is 14.2 Å². The van der Waals surface area contributed by atoms with Gasteiger partial charge in [-0.2, -0.15) is 18.3 Å². The summed E-state index contributed by atoms with van der Waals surface area (Å²) >= 11 is 5.54. The highest BCUT2D eigenvalue weighted by Crippen LogP contribution is 2.33. The number of rotatable bonds is 3.